The quantitative estimate of drug-likeness (QED) is 0.715. The molecular formula is C12H18FNO2. The third-order valence-electron chi connectivity index (χ3n) is 2.65. The van der Waals surface area contributed by atoms with Crippen molar-refractivity contribution >= 4 is 5.69 Å². The second-order valence-electron chi connectivity index (χ2n) is 4.44. The Bertz CT molecular complexity index is 351. The van der Waals surface area contributed by atoms with Crippen LogP contribution in [-0.4, -0.2) is 30.0 Å². The molecule has 1 rings (SSSR count). The first-order chi connectivity index (χ1) is 7.50. The zero-order chi connectivity index (χ0) is 12.2. The fourth-order valence-electron chi connectivity index (χ4n) is 1.18. The molecule has 3 nitrogen and oxygen atoms in total. The monoisotopic (exact) mass is 227 g/mol. The van der Waals surface area contributed by atoms with Crippen molar-refractivity contribution in [1.82, 2.24) is 0 Å². The summed E-state index contributed by atoms with van der Waals surface area (Å²) >= 11 is 0. The van der Waals surface area contributed by atoms with Crippen LogP contribution >= 0.6 is 0 Å². The van der Waals surface area contributed by atoms with Gasteiger partial charge in [-0.1, -0.05) is 13.0 Å². The minimum atomic E-state index is -0.596. The van der Waals surface area contributed by atoms with Crippen LogP contribution in [0.15, 0.2) is 18.2 Å². The summed E-state index contributed by atoms with van der Waals surface area (Å²) in [5.74, 6) is -0.264. The van der Waals surface area contributed by atoms with E-state index in [0.29, 0.717) is 17.8 Å². The number of nitrogens with one attached hydrogen (secondary N) is 1. The van der Waals surface area contributed by atoms with Crippen LogP contribution in [-0.2, 0) is 0 Å². The summed E-state index contributed by atoms with van der Waals surface area (Å²) in [5, 5.41) is 21.2. The van der Waals surface area contributed by atoms with E-state index >= 15 is 0 Å². The molecular weight excluding hydrogens is 209 g/mol. The second kappa shape index (κ2) is 5.27. The lowest BCUT2D eigenvalue weighted by molar-refractivity contribution is 0.0806. The van der Waals surface area contributed by atoms with Gasteiger partial charge in [0.15, 0.2) is 0 Å². The number of aliphatic hydroxyl groups excluding tert-OH is 2. The van der Waals surface area contributed by atoms with Crippen molar-refractivity contribution in [2.24, 2.45) is 5.41 Å². The Balaban J connectivity index is 2.64. The van der Waals surface area contributed by atoms with E-state index in [-0.39, 0.29) is 19.0 Å². The normalized spacial score (nSPS) is 11.6. The molecule has 0 unspecified atom stereocenters. The van der Waals surface area contributed by atoms with Gasteiger partial charge in [0, 0.05) is 17.6 Å². The molecule has 4 heteroatoms. The van der Waals surface area contributed by atoms with Gasteiger partial charge in [-0.15, -0.1) is 0 Å². The van der Waals surface area contributed by atoms with Crippen LogP contribution in [0.4, 0.5) is 10.1 Å². The van der Waals surface area contributed by atoms with Crippen LogP contribution in [0.25, 0.3) is 0 Å². The van der Waals surface area contributed by atoms with Crippen LogP contribution in [0.1, 0.15) is 12.5 Å². The summed E-state index contributed by atoms with van der Waals surface area (Å²) in [6.07, 6.45) is 0. The molecule has 1 aromatic rings. The molecule has 3 N–H and O–H groups in total. The third kappa shape index (κ3) is 3.18. The molecule has 0 atom stereocenters. The summed E-state index contributed by atoms with van der Waals surface area (Å²) in [5.41, 5.74) is 0.648. The van der Waals surface area contributed by atoms with Gasteiger partial charge in [0.1, 0.15) is 5.82 Å². The lowest BCUT2D eigenvalue weighted by Gasteiger charge is -2.25. The Labute approximate surface area is 94.9 Å². The number of hydrogen-bond acceptors (Lipinski definition) is 3. The van der Waals surface area contributed by atoms with Crippen molar-refractivity contribution in [3.63, 3.8) is 0 Å². The first-order valence-corrected chi connectivity index (χ1v) is 5.22. The Morgan fingerprint density at radius 1 is 1.31 bits per heavy atom. The van der Waals surface area contributed by atoms with Crippen LogP contribution in [0.2, 0.25) is 0 Å². The predicted octanol–water partition coefficient (Wildman–Crippen LogP) is 1.54. The number of aliphatic hydroxyl groups is 2. The molecule has 0 heterocycles. The van der Waals surface area contributed by atoms with E-state index in [0.717, 1.165) is 0 Å². The average Bonchev–Trinajstić information content (AvgIpc) is 2.30. The van der Waals surface area contributed by atoms with Gasteiger partial charge in [-0.3, -0.25) is 0 Å². The lowest BCUT2D eigenvalue weighted by Crippen LogP contribution is -2.34. The highest BCUT2D eigenvalue weighted by Crippen LogP contribution is 2.18. The van der Waals surface area contributed by atoms with E-state index in [4.69, 9.17) is 10.2 Å². The summed E-state index contributed by atoms with van der Waals surface area (Å²) < 4.78 is 13.2. The zero-order valence-electron chi connectivity index (χ0n) is 9.63. The molecule has 0 aromatic heterocycles. The average molecular weight is 227 g/mol. The van der Waals surface area contributed by atoms with Gasteiger partial charge in [-0.05, 0) is 24.6 Å². The number of benzene rings is 1. The largest absolute Gasteiger partial charge is 0.396 e. The molecule has 0 amide bonds. The summed E-state index contributed by atoms with van der Waals surface area (Å²) in [7, 11) is 0. The molecule has 0 saturated heterocycles. The fourth-order valence-corrected chi connectivity index (χ4v) is 1.18. The third-order valence-corrected chi connectivity index (χ3v) is 2.65. The maximum atomic E-state index is 13.2. The highest BCUT2D eigenvalue weighted by molar-refractivity contribution is 5.45. The Morgan fingerprint density at radius 2 is 1.94 bits per heavy atom. The van der Waals surface area contributed by atoms with Gasteiger partial charge in [0.2, 0.25) is 0 Å². The molecule has 0 spiro atoms. The van der Waals surface area contributed by atoms with Gasteiger partial charge < -0.3 is 15.5 Å². The van der Waals surface area contributed by atoms with Crippen LogP contribution in [0.5, 0.6) is 0 Å². The summed E-state index contributed by atoms with van der Waals surface area (Å²) in [6, 6.07) is 4.87. The molecule has 0 radical (unpaired) electrons. The zero-order valence-corrected chi connectivity index (χ0v) is 9.63. The lowest BCUT2D eigenvalue weighted by atomic mass is 9.93. The highest BCUT2D eigenvalue weighted by atomic mass is 19.1. The topological polar surface area (TPSA) is 52.5 Å². The van der Waals surface area contributed by atoms with Crippen molar-refractivity contribution in [3.8, 4) is 0 Å². The minimum absolute atomic E-state index is 0.120. The van der Waals surface area contributed by atoms with Crippen molar-refractivity contribution < 1.29 is 14.6 Å². The first kappa shape index (κ1) is 12.9. The number of hydrogen-bond donors (Lipinski definition) is 3. The van der Waals surface area contributed by atoms with Crippen LogP contribution < -0.4 is 5.32 Å². The predicted molar refractivity (Wildman–Crippen MR) is 61.9 cm³/mol. The molecule has 0 fully saturated rings. The van der Waals surface area contributed by atoms with Crippen molar-refractivity contribution in [2.45, 2.75) is 13.8 Å². The number of rotatable bonds is 5. The highest BCUT2D eigenvalue weighted by Gasteiger charge is 2.21. The molecule has 1 aromatic carbocycles. The van der Waals surface area contributed by atoms with Crippen molar-refractivity contribution in [2.75, 3.05) is 25.1 Å². The number of aryl methyl sites for hydroxylation is 1. The van der Waals surface area contributed by atoms with Gasteiger partial charge in [-0.25, -0.2) is 4.39 Å². The van der Waals surface area contributed by atoms with Crippen molar-refractivity contribution in [1.29, 1.82) is 0 Å². The summed E-state index contributed by atoms with van der Waals surface area (Å²) in [4.78, 5) is 0. The van der Waals surface area contributed by atoms with E-state index in [9.17, 15) is 4.39 Å². The van der Waals surface area contributed by atoms with E-state index in [1.807, 2.05) is 0 Å². The molecule has 0 bridgehead atoms. The maximum Gasteiger partial charge on any atom is 0.128 e. The smallest absolute Gasteiger partial charge is 0.128 e. The molecule has 0 aliphatic rings. The minimum Gasteiger partial charge on any atom is -0.396 e. The molecule has 0 aliphatic heterocycles. The van der Waals surface area contributed by atoms with Gasteiger partial charge in [0.25, 0.3) is 0 Å². The fraction of sp³-hybridized carbons (Fsp3) is 0.500. The van der Waals surface area contributed by atoms with E-state index in [2.05, 4.69) is 5.32 Å². The van der Waals surface area contributed by atoms with E-state index < -0.39 is 5.41 Å². The molecule has 0 saturated carbocycles. The number of anilines is 1. The van der Waals surface area contributed by atoms with E-state index in [1.54, 1.807) is 26.0 Å². The molecule has 0 aliphatic carbocycles. The SMILES string of the molecule is Cc1ccc(NCC(C)(CO)CO)cc1F. The Morgan fingerprint density at radius 3 is 2.44 bits per heavy atom. The Hall–Kier alpha value is -1.13. The van der Waals surface area contributed by atoms with Crippen molar-refractivity contribution in [3.05, 3.63) is 29.6 Å². The number of halogens is 1. The van der Waals surface area contributed by atoms with Gasteiger partial charge in [0.05, 0.1) is 13.2 Å². The Kier molecular flexibility index (Phi) is 4.26. The van der Waals surface area contributed by atoms with Gasteiger partial charge >= 0.3 is 0 Å². The van der Waals surface area contributed by atoms with Crippen LogP contribution in [0.3, 0.4) is 0 Å². The molecule has 16 heavy (non-hydrogen) atoms. The second-order valence-corrected chi connectivity index (χ2v) is 4.44. The standard InChI is InChI=1S/C12H18FNO2/c1-9-3-4-10(5-11(9)13)14-6-12(2,7-15)8-16/h3-5,14-16H,6-8H2,1-2H3. The van der Waals surface area contributed by atoms with Crippen LogP contribution in [0, 0.1) is 18.2 Å². The summed E-state index contributed by atoms with van der Waals surface area (Å²) in [6.45, 7) is 3.60. The first-order valence-electron chi connectivity index (χ1n) is 5.22. The van der Waals surface area contributed by atoms with E-state index in [1.165, 1.54) is 6.07 Å². The maximum absolute atomic E-state index is 13.2. The van der Waals surface area contributed by atoms with Gasteiger partial charge in [-0.2, -0.15) is 0 Å². The molecule has 90 valence electrons.